The number of carbonyl (C=O) groups excluding carboxylic acids is 1. The number of aromatic nitrogens is 1. The van der Waals surface area contributed by atoms with Crippen LogP contribution in [0.25, 0.3) is 0 Å². The highest BCUT2D eigenvalue weighted by Crippen LogP contribution is 2.13. The van der Waals surface area contributed by atoms with Gasteiger partial charge in [-0.3, -0.25) is 4.79 Å². The summed E-state index contributed by atoms with van der Waals surface area (Å²) in [5.74, 6) is -0.520. The van der Waals surface area contributed by atoms with Gasteiger partial charge in [-0.05, 0) is 37.9 Å². The first-order chi connectivity index (χ1) is 9.20. The van der Waals surface area contributed by atoms with Gasteiger partial charge < -0.3 is 10.2 Å². The van der Waals surface area contributed by atoms with Crippen LogP contribution in [0.4, 0.5) is 4.39 Å². The largest absolute Gasteiger partial charge is 0.337 e. The molecule has 1 amide bonds. The lowest BCUT2D eigenvalue weighted by molar-refractivity contribution is 0.0699. The predicted molar refractivity (Wildman–Crippen MR) is 71.4 cm³/mol. The number of likely N-dealkylation sites (tertiary alicyclic amines) is 1. The number of hydrogen-bond acceptors (Lipinski definition) is 3. The molecule has 1 aromatic heterocycles. The van der Waals surface area contributed by atoms with Crippen molar-refractivity contribution in [1.29, 1.82) is 0 Å². The Labute approximate surface area is 113 Å². The van der Waals surface area contributed by atoms with Crippen molar-refractivity contribution in [2.45, 2.75) is 32.2 Å². The molecule has 0 atom stereocenters. The maximum atomic E-state index is 12.8. The lowest BCUT2D eigenvalue weighted by Gasteiger charge is -2.32. The van der Waals surface area contributed by atoms with Gasteiger partial charge in [-0.2, -0.15) is 0 Å². The Kier molecular flexibility index (Phi) is 4.85. The smallest absolute Gasteiger partial charge is 0.272 e. The standard InChI is InChI=1S/C14H20FN3O/c1-2-7-16-12-5-8-18(9-6-12)14(19)13-4-3-11(15)10-17-13/h3-4,10,12,16H,2,5-9H2,1H3. The van der Waals surface area contributed by atoms with Crippen LogP contribution in [0, 0.1) is 5.82 Å². The van der Waals surface area contributed by atoms with Crippen molar-refractivity contribution in [2.24, 2.45) is 0 Å². The summed E-state index contributed by atoms with van der Waals surface area (Å²) >= 11 is 0. The van der Waals surface area contributed by atoms with E-state index in [4.69, 9.17) is 0 Å². The van der Waals surface area contributed by atoms with Gasteiger partial charge in [-0.1, -0.05) is 6.92 Å². The molecule has 0 aliphatic carbocycles. The van der Waals surface area contributed by atoms with Gasteiger partial charge in [-0.15, -0.1) is 0 Å². The van der Waals surface area contributed by atoms with Crippen LogP contribution in [-0.2, 0) is 0 Å². The second-order valence-electron chi connectivity index (χ2n) is 4.88. The van der Waals surface area contributed by atoms with E-state index >= 15 is 0 Å². The summed E-state index contributed by atoms with van der Waals surface area (Å²) in [5, 5.41) is 3.47. The first-order valence-electron chi connectivity index (χ1n) is 6.85. The average Bonchev–Trinajstić information content (AvgIpc) is 2.46. The minimum absolute atomic E-state index is 0.103. The number of nitrogens with zero attached hydrogens (tertiary/aromatic N) is 2. The summed E-state index contributed by atoms with van der Waals surface area (Å²) in [6.45, 7) is 4.64. The van der Waals surface area contributed by atoms with Crippen molar-refractivity contribution in [1.82, 2.24) is 15.2 Å². The highest BCUT2D eigenvalue weighted by atomic mass is 19.1. The minimum atomic E-state index is -0.418. The number of piperidine rings is 1. The van der Waals surface area contributed by atoms with E-state index in [0.29, 0.717) is 11.7 Å². The Hall–Kier alpha value is -1.49. The third-order valence-electron chi connectivity index (χ3n) is 3.41. The third-order valence-corrected chi connectivity index (χ3v) is 3.41. The molecule has 0 aromatic carbocycles. The molecule has 1 aliphatic rings. The fourth-order valence-electron chi connectivity index (χ4n) is 2.30. The van der Waals surface area contributed by atoms with Crippen molar-refractivity contribution in [3.05, 3.63) is 29.8 Å². The van der Waals surface area contributed by atoms with Crippen molar-refractivity contribution < 1.29 is 9.18 Å². The van der Waals surface area contributed by atoms with Crippen molar-refractivity contribution in [2.75, 3.05) is 19.6 Å². The zero-order valence-electron chi connectivity index (χ0n) is 11.2. The molecule has 2 rings (SSSR count). The van der Waals surface area contributed by atoms with E-state index in [1.165, 1.54) is 12.1 Å². The normalized spacial score (nSPS) is 16.6. The molecule has 1 aliphatic heterocycles. The van der Waals surface area contributed by atoms with Gasteiger partial charge in [0.1, 0.15) is 11.5 Å². The fraction of sp³-hybridized carbons (Fsp3) is 0.571. The number of carbonyl (C=O) groups is 1. The van der Waals surface area contributed by atoms with Gasteiger partial charge in [0, 0.05) is 19.1 Å². The molecule has 4 nitrogen and oxygen atoms in total. The third kappa shape index (κ3) is 3.73. The average molecular weight is 265 g/mol. The van der Waals surface area contributed by atoms with Crippen LogP contribution < -0.4 is 5.32 Å². The predicted octanol–water partition coefficient (Wildman–Crippen LogP) is 1.82. The molecule has 1 saturated heterocycles. The molecule has 1 aromatic rings. The number of hydrogen-bond donors (Lipinski definition) is 1. The summed E-state index contributed by atoms with van der Waals surface area (Å²) in [4.78, 5) is 17.8. The molecule has 5 heteroatoms. The van der Waals surface area contributed by atoms with Crippen molar-refractivity contribution in [3.63, 3.8) is 0 Å². The van der Waals surface area contributed by atoms with Crippen LogP contribution in [0.1, 0.15) is 36.7 Å². The number of nitrogens with one attached hydrogen (secondary N) is 1. The van der Waals surface area contributed by atoms with Crippen LogP contribution in [0.5, 0.6) is 0 Å². The number of halogens is 1. The van der Waals surface area contributed by atoms with E-state index in [1.54, 1.807) is 4.90 Å². The molecule has 1 fully saturated rings. The van der Waals surface area contributed by atoms with E-state index in [9.17, 15) is 9.18 Å². The van der Waals surface area contributed by atoms with E-state index in [2.05, 4.69) is 17.2 Å². The minimum Gasteiger partial charge on any atom is -0.337 e. The first-order valence-corrected chi connectivity index (χ1v) is 6.85. The molecule has 19 heavy (non-hydrogen) atoms. The number of rotatable bonds is 4. The molecule has 0 spiro atoms. The molecule has 104 valence electrons. The van der Waals surface area contributed by atoms with E-state index in [0.717, 1.165) is 45.1 Å². The van der Waals surface area contributed by atoms with Gasteiger partial charge in [-0.25, -0.2) is 9.37 Å². The van der Waals surface area contributed by atoms with Gasteiger partial charge in [0.2, 0.25) is 0 Å². The maximum Gasteiger partial charge on any atom is 0.272 e. The Bertz CT molecular complexity index is 413. The zero-order chi connectivity index (χ0) is 13.7. The summed E-state index contributed by atoms with van der Waals surface area (Å²) in [6, 6.07) is 3.22. The molecule has 0 saturated carbocycles. The second-order valence-corrected chi connectivity index (χ2v) is 4.88. The Morgan fingerprint density at radius 3 is 2.79 bits per heavy atom. The lowest BCUT2D eigenvalue weighted by Crippen LogP contribution is -2.45. The Morgan fingerprint density at radius 2 is 2.21 bits per heavy atom. The van der Waals surface area contributed by atoms with Crippen LogP contribution >= 0.6 is 0 Å². The SMILES string of the molecule is CCCNC1CCN(C(=O)c2ccc(F)cn2)CC1. The molecular weight excluding hydrogens is 245 g/mol. The highest BCUT2D eigenvalue weighted by Gasteiger charge is 2.23. The highest BCUT2D eigenvalue weighted by molar-refractivity contribution is 5.92. The molecule has 0 radical (unpaired) electrons. The second kappa shape index (κ2) is 6.61. The van der Waals surface area contributed by atoms with Gasteiger partial charge >= 0.3 is 0 Å². The molecular formula is C14H20FN3O. The van der Waals surface area contributed by atoms with E-state index in [-0.39, 0.29) is 5.91 Å². The van der Waals surface area contributed by atoms with E-state index in [1.807, 2.05) is 0 Å². The van der Waals surface area contributed by atoms with Gasteiger partial charge in [0.25, 0.3) is 5.91 Å². The van der Waals surface area contributed by atoms with Crippen molar-refractivity contribution in [3.8, 4) is 0 Å². The number of amides is 1. The van der Waals surface area contributed by atoms with Crippen LogP contribution in [-0.4, -0.2) is 41.5 Å². The van der Waals surface area contributed by atoms with Crippen LogP contribution in [0.2, 0.25) is 0 Å². The lowest BCUT2D eigenvalue weighted by atomic mass is 10.0. The molecule has 2 heterocycles. The van der Waals surface area contributed by atoms with Gasteiger partial charge in [0.05, 0.1) is 6.20 Å². The fourth-order valence-corrected chi connectivity index (χ4v) is 2.30. The molecule has 0 bridgehead atoms. The van der Waals surface area contributed by atoms with Gasteiger partial charge in [0.15, 0.2) is 0 Å². The Morgan fingerprint density at radius 1 is 1.47 bits per heavy atom. The topological polar surface area (TPSA) is 45.2 Å². The summed E-state index contributed by atoms with van der Waals surface area (Å²) in [5.41, 5.74) is 0.321. The van der Waals surface area contributed by atoms with Crippen LogP contribution in [0.15, 0.2) is 18.3 Å². The zero-order valence-corrected chi connectivity index (χ0v) is 11.2. The maximum absolute atomic E-state index is 12.8. The van der Waals surface area contributed by atoms with Crippen LogP contribution in [0.3, 0.4) is 0 Å². The van der Waals surface area contributed by atoms with Crippen molar-refractivity contribution >= 4 is 5.91 Å². The quantitative estimate of drug-likeness (QED) is 0.903. The summed E-state index contributed by atoms with van der Waals surface area (Å²) in [6.07, 6.45) is 4.14. The monoisotopic (exact) mass is 265 g/mol. The molecule has 0 unspecified atom stereocenters. The first kappa shape index (κ1) is 13.9. The summed E-state index contributed by atoms with van der Waals surface area (Å²) in [7, 11) is 0. The Balaban J connectivity index is 1.87. The molecule has 1 N–H and O–H groups in total. The number of pyridine rings is 1. The van der Waals surface area contributed by atoms with E-state index < -0.39 is 5.82 Å². The summed E-state index contributed by atoms with van der Waals surface area (Å²) < 4.78 is 12.8.